The monoisotopic (exact) mass is 328 g/mol. The number of amides is 2. The van der Waals surface area contributed by atoms with Gasteiger partial charge in [-0.3, -0.25) is 9.59 Å². The van der Waals surface area contributed by atoms with E-state index in [-0.39, 0.29) is 0 Å². The standard InChI is InChI=1S/C12H13BrN2O4/c1-6-4-7(13)2-3-8(6)11(17)15-9(12(18)19)5-10(14)16/h2-4,9H,5H2,1H3,(H2,14,16)(H,15,17)(H,18,19)/t9-/m0/s1. The molecule has 0 aliphatic carbocycles. The molecule has 7 heteroatoms. The Morgan fingerprint density at radius 3 is 2.53 bits per heavy atom. The smallest absolute Gasteiger partial charge is 0.326 e. The summed E-state index contributed by atoms with van der Waals surface area (Å²) in [6.45, 7) is 1.73. The van der Waals surface area contributed by atoms with Crippen LogP contribution in [-0.2, 0) is 9.59 Å². The van der Waals surface area contributed by atoms with Crippen LogP contribution in [0.2, 0.25) is 0 Å². The number of primary amides is 1. The second kappa shape index (κ2) is 6.33. The van der Waals surface area contributed by atoms with E-state index in [2.05, 4.69) is 21.2 Å². The number of carbonyl (C=O) groups is 3. The Morgan fingerprint density at radius 2 is 2.05 bits per heavy atom. The molecule has 2 amide bonds. The van der Waals surface area contributed by atoms with E-state index in [0.717, 1.165) is 4.47 Å². The van der Waals surface area contributed by atoms with Gasteiger partial charge in [0.2, 0.25) is 5.91 Å². The number of aryl methyl sites for hydroxylation is 1. The molecule has 6 nitrogen and oxygen atoms in total. The van der Waals surface area contributed by atoms with Gasteiger partial charge in [0, 0.05) is 10.0 Å². The summed E-state index contributed by atoms with van der Waals surface area (Å²) in [4.78, 5) is 33.6. The minimum absolute atomic E-state index is 0.346. The quantitative estimate of drug-likeness (QED) is 0.743. The van der Waals surface area contributed by atoms with Crippen LogP contribution >= 0.6 is 15.9 Å². The number of aliphatic carboxylic acids is 1. The molecule has 1 aromatic carbocycles. The molecule has 0 radical (unpaired) electrons. The molecule has 0 aliphatic heterocycles. The van der Waals surface area contributed by atoms with Crippen LogP contribution in [0.5, 0.6) is 0 Å². The van der Waals surface area contributed by atoms with Gasteiger partial charge in [-0.25, -0.2) is 4.79 Å². The van der Waals surface area contributed by atoms with Crippen molar-refractivity contribution in [3.8, 4) is 0 Å². The molecular weight excluding hydrogens is 316 g/mol. The van der Waals surface area contributed by atoms with Crippen molar-refractivity contribution in [2.24, 2.45) is 5.73 Å². The number of benzene rings is 1. The zero-order chi connectivity index (χ0) is 14.6. The van der Waals surface area contributed by atoms with Crippen LogP contribution in [0.4, 0.5) is 0 Å². The lowest BCUT2D eigenvalue weighted by atomic mass is 10.1. The van der Waals surface area contributed by atoms with E-state index >= 15 is 0 Å². The SMILES string of the molecule is Cc1cc(Br)ccc1C(=O)N[C@@H](CC(N)=O)C(=O)O. The third-order valence-electron chi connectivity index (χ3n) is 2.44. The number of hydrogen-bond acceptors (Lipinski definition) is 3. The zero-order valence-corrected chi connectivity index (χ0v) is 11.7. The molecule has 19 heavy (non-hydrogen) atoms. The molecule has 0 saturated carbocycles. The second-order valence-electron chi connectivity index (χ2n) is 3.99. The predicted octanol–water partition coefficient (Wildman–Crippen LogP) is 0.816. The van der Waals surface area contributed by atoms with Crippen LogP contribution in [0.1, 0.15) is 22.3 Å². The first-order valence-electron chi connectivity index (χ1n) is 5.39. The first kappa shape index (κ1) is 15.2. The third kappa shape index (κ3) is 4.36. The topological polar surface area (TPSA) is 109 Å². The summed E-state index contributed by atoms with van der Waals surface area (Å²) >= 11 is 3.27. The molecule has 0 saturated heterocycles. The lowest BCUT2D eigenvalue weighted by Gasteiger charge is -2.14. The van der Waals surface area contributed by atoms with Crippen molar-refractivity contribution in [3.05, 3.63) is 33.8 Å². The van der Waals surface area contributed by atoms with Crippen molar-refractivity contribution in [2.75, 3.05) is 0 Å². The van der Waals surface area contributed by atoms with Gasteiger partial charge in [0.15, 0.2) is 0 Å². The van der Waals surface area contributed by atoms with Crippen molar-refractivity contribution in [1.82, 2.24) is 5.32 Å². The van der Waals surface area contributed by atoms with Gasteiger partial charge in [0.05, 0.1) is 6.42 Å². The Bertz CT molecular complexity index is 530. The van der Waals surface area contributed by atoms with Gasteiger partial charge in [0.25, 0.3) is 5.91 Å². The van der Waals surface area contributed by atoms with E-state index in [1.54, 1.807) is 25.1 Å². The molecule has 0 heterocycles. The molecule has 0 aliphatic rings. The second-order valence-corrected chi connectivity index (χ2v) is 4.91. The number of rotatable bonds is 5. The summed E-state index contributed by atoms with van der Waals surface area (Å²) in [5.74, 6) is -2.65. The summed E-state index contributed by atoms with van der Waals surface area (Å²) in [6.07, 6.45) is -0.448. The largest absolute Gasteiger partial charge is 0.480 e. The van der Waals surface area contributed by atoms with Crippen LogP contribution in [0.3, 0.4) is 0 Å². The highest BCUT2D eigenvalue weighted by Crippen LogP contribution is 2.16. The van der Waals surface area contributed by atoms with Crippen LogP contribution < -0.4 is 11.1 Å². The third-order valence-corrected chi connectivity index (χ3v) is 2.94. The number of carboxylic acid groups (broad SMARTS) is 1. The fraction of sp³-hybridized carbons (Fsp3) is 0.250. The highest BCUT2D eigenvalue weighted by molar-refractivity contribution is 9.10. The fourth-order valence-corrected chi connectivity index (χ4v) is 1.99. The van der Waals surface area contributed by atoms with E-state index in [1.807, 2.05) is 0 Å². The minimum Gasteiger partial charge on any atom is -0.480 e. The number of carbonyl (C=O) groups excluding carboxylic acids is 2. The Balaban J connectivity index is 2.87. The zero-order valence-electron chi connectivity index (χ0n) is 10.1. The van der Waals surface area contributed by atoms with Gasteiger partial charge in [0.1, 0.15) is 6.04 Å². The van der Waals surface area contributed by atoms with Crippen LogP contribution in [-0.4, -0.2) is 28.9 Å². The Morgan fingerprint density at radius 1 is 1.42 bits per heavy atom. The summed E-state index contributed by atoms with van der Waals surface area (Å²) in [7, 11) is 0. The number of nitrogens with two attached hydrogens (primary N) is 1. The van der Waals surface area contributed by atoms with Gasteiger partial charge in [-0.15, -0.1) is 0 Å². The number of carboxylic acids is 1. The number of halogens is 1. The molecule has 0 fully saturated rings. The van der Waals surface area contributed by atoms with Crippen LogP contribution in [0.15, 0.2) is 22.7 Å². The number of hydrogen-bond donors (Lipinski definition) is 3. The molecular formula is C12H13BrN2O4. The fourth-order valence-electron chi connectivity index (χ4n) is 1.52. The Kier molecular flexibility index (Phi) is 5.05. The van der Waals surface area contributed by atoms with E-state index < -0.39 is 30.2 Å². The van der Waals surface area contributed by atoms with Crippen LogP contribution in [0, 0.1) is 6.92 Å². The summed E-state index contributed by atoms with van der Waals surface area (Å²) in [5, 5.41) is 11.2. The minimum atomic E-state index is -1.33. The molecule has 0 spiro atoms. The summed E-state index contributed by atoms with van der Waals surface area (Å²) in [5.41, 5.74) is 5.97. The average molecular weight is 329 g/mol. The van der Waals surface area contributed by atoms with Crippen LogP contribution in [0.25, 0.3) is 0 Å². The van der Waals surface area contributed by atoms with Gasteiger partial charge in [-0.05, 0) is 30.7 Å². The predicted molar refractivity (Wildman–Crippen MR) is 71.6 cm³/mol. The first-order chi connectivity index (χ1) is 8.81. The lowest BCUT2D eigenvalue weighted by Crippen LogP contribution is -2.43. The molecule has 1 rings (SSSR count). The van der Waals surface area contributed by atoms with Crippen molar-refractivity contribution in [1.29, 1.82) is 0 Å². The molecule has 102 valence electrons. The Hall–Kier alpha value is -1.89. The number of nitrogens with one attached hydrogen (secondary N) is 1. The van der Waals surface area contributed by atoms with Gasteiger partial charge < -0.3 is 16.2 Å². The lowest BCUT2D eigenvalue weighted by molar-refractivity contribution is -0.140. The molecule has 1 atom stereocenters. The van der Waals surface area contributed by atoms with Crippen molar-refractivity contribution in [3.63, 3.8) is 0 Å². The van der Waals surface area contributed by atoms with Crippen molar-refractivity contribution >= 4 is 33.7 Å². The first-order valence-corrected chi connectivity index (χ1v) is 6.18. The summed E-state index contributed by atoms with van der Waals surface area (Å²) in [6, 6.07) is 3.65. The van der Waals surface area contributed by atoms with E-state index in [9.17, 15) is 14.4 Å². The van der Waals surface area contributed by atoms with E-state index in [1.165, 1.54) is 0 Å². The molecule has 4 N–H and O–H groups in total. The van der Waals surface area contributed by atoms with E-state index in [0.29, 0.717) is 11.1 Å². The maximum absolute atomic E-state index is 11.9. The molecule has 1 aromatic rings. The van der Waals surface area contributed by atoms with Gasteiger partial charge in [-0.2, -0.15) is 0 Å². The molecule has 0 unspecified atom stereocenters. The van der Waals surface area contributed by atoms with Crippen molar-refractivity contribution < 1.29 is 19.5 Å². The van der Waals surface area contributed by atoms with Crippen molar-refractivity contribution in [2.45, 2.75) is 19.4 Å². The molecule has 0 bridgehead atoms. The molecule has 0 aromatic heterocycles. The van der Waals surface area contributed by atoms with E-state index in [4.69, 9.17) is 10.8 Å². The Labute approximate surface area is 118 Å². The van der Waals surface area contributed by atoms with Gasteiger partial charge >= 0.3 is 5.97 Å². The maximum atomic E-state index is 11.9. The normalized spacial score (nSPS) is 11.7. The van der Waals surface area contributed by atoms with Gasteiger partial charge in [-0.1, -0.05) is 15.9 Å². The highest BCUT2D eigenvalue weighted by atomic mass is 79.9. The maximum Gasteiger partial charge on any atom is 0.326 e. The summed E-state index contributed by atoms with van der Waals surface area (Å²) < 4.78 is 0.813. The average Bonchev–Trinajstić information content (AvgIpc) is 2.26. The highest BCUT2D eigenvalue weighted by Gasteiger charge is 2.23.